The van der Waals surface area contributed by atoms with Gasteiger partial charge in [0.05, 0.1) is 19.3 Å². The molecule has 0 unspecified atom stereocenters. The maximum atomic E-state index is 12.7. The first-order chi connectivity index (χ1) is 12.3. The van der Waals surface area contributed by atoms with E-state index in [1.54, 1.807) is 12.1 Å². The number of anilines is 1. The van der Waals surface area contributed by atoms with E-state index in [0.717, 1.165) is 10.5 Å². The predicted octanol–water partition coefficient (Wildman–Crippen LogP) is 0.372. The highest BCUT2D eigenvalue weighted by atomic mass is 16.5. The maximum Gasteiger partial charge on any atom is 0.332 e. The van der Waals surface area contributed by atoms with Gasteiger partial charge in [-0.25, -0.2) is 9.69 Å². The summed E-state index contributed by atoms with van der Waals surface area (Å²) in [6, 6.07) is 4.89. The zero-order valence-electron chi connectivity index (χ0n) is 15.0. The summed E-state index contributed by atoms with van der Waals surface area (Å²) in [5.74, 6) is -0.695. The van der Waals surface area contributed by atoms with E-state index in [9.17, 15) is 19.2 Å². The molecule has 0 atom stereocenters. The van der Waals surface area contributed by atoms with Crippen LogP contribution in [0.2, 0.25) is 0 Å². The number of urea groups is 1. The van der Waals surface area contributed by atoms with E-state index in [0.29, 0.717) is 11.4 Å². The summed E-state index contributed by atoms with van der Waals surface area (Å²) in [5.41, 5.74) is 1.51. The Kier molecular flexibility index (Phi) is 6.16. The van der Waals surface area contributed by atoms with Gasteiger partial charge in [0.15, 0.2) is 0 Å². The Balaban J connectivity index is 2.10. The van der Waals surface area contributed by atoms with Crippen LogP contribution < -0.4 is 20.3 Å². The standard InChI is InChI=1S/C17H22N4O5/c1-11-4-5-14(26-3)13(8-11)20-7-6-16(24)21(17(20)25)10-19-15(23)9-18-12(2)22/h4-5,8H,6-7,9-10H2,1-3H3,(H,18,22)(H,19,23). The number of imide groups is 1. The van der Waals surface area contributed by atoms with E-state index >= 15 is 0 Å². The van der Waals surface area contributed by atoms with Gasteiger partial charge in [-0.1, -0.05) is 6.07 Å². The number of carbonyl (C=O) groups excluding carboxylic acids is 4. The molecular formula is C17H22N4O5. The molecule has 1 heterocycles. The summed E-state index contributed by atoms with van der Waals surface area (Å²) in [7, 11) is 1.51. The van der Waals surface area contributed by atoms with E-state index in [2.05, 4.69) is 10.6 Å². The quantitative estimate of drug-likeness (QED) is 0.760. The number of nitrogens with zero attached hydrogens (tertiary/aromatic N) is 2. The lowest BCUT2D eigenvalue weighted by Gasteiger charge is -2.34. The fourth-order valence-electron chi connectivity index (χ4n) is 2.52. The second-order valence-corrected chi connectivity index (χ2v) is 5.85. The van der Waals surface area contributed by atoms with Crippen LogP contribution in [0.4, 0.5) is 10.5 Å². The molecule has 1 saturated heterocycles. The first kappa shape index (κ1) is 19.2. The van der Waals surface area contributed by atoms with Gasteiger partial charge in [0, 0.05) is 19.9 Å². The van der Waals surface area contributed by atoms with Crippen LogP contribution in [0.25, 0.3) is 0 Å². The van der Waals surface area contributed by atoms with Gasteiger partial charge in [0.1, 0.15) is 12.4 Å². The van der Waals surface area contributed by atoms with Crippen molar-refractivity contribution >= 4 is 29.4 Å². The van der Waals surface area contributed by atoms with Crippen LogP contribution in [0.3, 0.4) is 0 Å². The lowest BCUT2D eigenvalue weighted by atomic mass is 10.1. The molecule has 0 bridgehead atoms. The Hall–Kier alpha value is -3.10. The molecule has 0 aromatic heterocycles. The Morgan fingerprint density at radius 2 is 1.96 bits per heavy atom. The largest absolute Gasteiger partial charge is 0.495 e. The number of hydrogen-bond acceptors (Lipinski definition) is 5. The van der Waals surface area contributed by atoms with E-state index in [1.807, 2.05) is 13.0 Å². The van der Waals surface area contributed by atoms with E-state index in [1.165, 1.54) is 18.9 Å². The van der Waals surface area contributed by atoms with Gasteiger partial charge in [-0.3, -0.25) is 19.3 Å². The molecule has 1 aromatic carbocycles. The number of hydrogen-bond donors (Lipinski definition) is 2. The predicted molar refractivity (Wildman–Crippen MR) is 93.6 cm³/mol. The van der Waals surface area contributed by atoms with Crippen molar-refractivity contribution in [2.24, 2.45) is 0 Å². The van der Waals surface area contributed by atoms with Gasteiger partial charge in [0.25, 0.3) is 0 Å². The number of nitrogens with one attached hydrogen (secondary N) is 2. The second-order valence-electron chi connectivity index (χ2n) is 5.85. The highest BCUT2D eigenvalue weighted by Gasteiger charge is 2.34. The van der Waals surface area contributed by atoms with Gasteiger partial charge in [-0.2, -0.15) is 0 Å². The van der Waals surface area contributed by atoms with Gasteiger partial charge >= 0.3 is 6.03 Å². The van der Waals surface area contributed by atoms with Crippen molar-refractivity contribution in [1.29, 1.82) is 0 Å². The van der Waals surface area contributed by atoms with Crippen LogP contribution in [0.15, 0.2) is 18.2 Å². The third kappa shape index (κ3) is 4.50. The average Bonchev–Trinajstić information content (AvgIpc) is 2.60. The third-order valence-corrected chi connectivity index (χ3v) is 3.87. The van der Waals surface area contributed by atoms with E-state index < -0.39 is 11.9 Å². The molecule has 9 nitrogen and oxygen atoms in total. The number of methoxy groups -OCH3 is 1. The number of ether oxygens (including phenoxy) is 1. The van der Waals surface area contributed by atoms with Crippen LogP contribution in [0.1, 0.15) is 18.9 Å². The van der Waals surface area contributed by atoms with E-state index in [-0.39, 0.29) is 38.0 Å². The lowest BCUT2D eigenvalue weighted by molar-refractivity contribution is -0.130. The Morgan fingerprint density at radius 1 is 1.23 bits per heavy atom. The lowest BCUT2D eigenvalue weighted by Crippen LogP contribution is -2.56. The van der Waals surface area contributed by atoms with Gasteiger partial charge < -0.3 is 15.4 Å². The van der Waals surface area contributed by atoms with Crippen molar-refractivity contribution < 1.29 is 23.9 Å². The summed E-state index contributed by atoms with van der Waals surface area (Å²) in [4.78, 5) is 49.8. The highest BCUT2D eigenvalue weighted by Crippen LogP contribution is 2.31. The number of amides is 5. The first-order valence-corrected chi connectivity index (χ1v) is 8.11. The van der Waals surface area contributed by atoms with Crippen LogP contribution >= 0.6 is 0 Å². The number of benzene rings is 1. The fraction of sp³-hybridized carbons (Fsp3) is 0.412. The Bertz CT molecular complexity index is 734. The summed E-state index contributed by atoms with van der Waals surface area (Å²) < 4.78 is 5.31. The minimum Gasteiger partial charge on any atom is -0.495 e. The fourth-order valence-corrected chi connectivity index (χ4v) is 2.52. The molecule has 0 saturated carbocycles. The van der Waals surface area contributed by atoms with Crippen molar-refractivity contribution in [3.63, 3.8) is 0 Å². The Morgan fingerprint density at radius 3 is 2.62 bits per heavy atom. The first-order valence-electron chi connectivity index (χ1n) is 8.11. The summed E-state index contributed by atoms with van der Waals surface area (Å²) in [5, 5.41) is 4.80. The molecule has 1 fully saturated rings. The smallest absolute Gasteiger partial charge is 0.332 e. The van der Waals surface area contributed by atoms with Gasteiger partial charge in [-0.15, -0.1) is 0 Å². The SMILES string of the molecule is COc1ccc(C)cc1N1CCC(=O)N(CNC(=O)CNC(C)=O)C1=O. The molecule has 26 heavy (non-hydrogen) atoms. The topological polar surface area (TPSA) is 108 Å². The normalized spacial score (nSPS) is 14.3. The summed E-state index contributed by atoms with van der Waals surface area (Å²) >= 11 is 0. The van der Waals surface area contributed by atoms with Gasteiger partial charge in [-0.05, 0) is 24.6 Å². The monoisotopic (exact) mass is 362 g/mol. The van der Waals surface area contributed by atoms with Crippen LogP contribution in [0, 0.1) is 6.92 Å². The second kappa shape index (κ2) is 8.32. The molecule has 2 rings (SSSR count). The minimum atomic E-state index is -0.537. The van der Waals surface area contributed by atoms with Crippen LogP contribution in [-0.2, 0) is 14.4 Å². The number of rotatable bonds is 6. The molecule has 140 valence electrons. The Labute approximate surface area is 151 Å². The summed E-state index contributed by atoms with van der Waals surface area (Å²) in [6.07, 6.45) is 0.129. The van der Waals surface area contributed by atoms with Crippen molar-refractivity contribution in [3.05, 3.63) is 23.8 Å². The van der Waals surface area contributed by atoms with Crippen molar-refractivity contribution in [2.75, 3.05) is 31.8 Å². The van der Waals surface area contributed by atoms with E-state index in [4.69, 9.17) is 4.74 Å². The summed E-state index contributed by atoms with van der Waals surface area (Å²) in [6.45, 7) is 2.93. The molecule has 1 aliphatic heterocycles. The number of aryl methyl sites for hydroxylation is 1. The van der Waals surface area contributed by atoms with Crippen LogP contribution in [0.5, 0.6) is 5.75 Å². The van der Waals surface area contributed by atoms with Crippen molar-refractivity contribution in [1.82, 2.24) is 15.5 Å². The van der Waals surface area contributed by atoms with Crippen molar-refractivity contribution in [2.45, 2.75) is 20.3 Å². The maximum absolute atomic E-state index is 12.7. The molecule has 9 heteroatoms. The third-order valence-electron chi connectivity index (χ3n) is 3.87. The molecular weight excluding hydrogens is 340 g/mol. The number of carbonyl (C=O) groups is 4. The molecule has 2 N–H and O–H groups in total. The minimum absolute atomic E-state index is 0.129. The van der Waals surface area contributed by atoms with Crippen molar-refractivity contribution in [3.8, 4) is 5.75 Å². The molecule has 1 aromatic rings. The van der Waals surface area contributed by atoms with Gasteiger partial charge in [0.2, 0.25) is 17.7 Å². The zero-order valence-corrected chi connectivity index (χ0v) is 15.0. The highest BCUT2D eigenvalue weighted by molar-refractivity contribution is 6.06. The molecule has 1 aliphatic rings. The zero-order chi connectivity index (χ0) is 19.3. The molecule has 5 amide bonds. The molecule has 0 aliphatic carbocycles. The van der Waals surface area contributed by atoms with Crippen LogP contribution in [-0.4, -0.2) is 55.5 Å². The molecule has 0 radical (unpaired) electrons. The molecule has 0 spiro atoms. The average molecular weight is 362 g/mol.